The highest BCUT2D eigenvalue weighted by molar-refractivity contribution is 7.84. The maximum Gasteiger partial charge on any atom is 0.265 e. The van der Waals surface area contributed by atoms with Gasteiger partial charge in [-0.3, -0.25) is 28.6 Å². The Balaban J connectivity index is 0.848. The molecule has 2 amide bonds. The number of anilines is 3. The van der Waals surface area contributed by atoms with Crippen LogP contribution >= 0.6 is 0 Å². The van der Waals surface area contributed by atoms with Crippen molar-refractivity contribution in [1.82, 2.24) is 29.0 Å². The molecule has 3 saturated heterocycles. The van der Waals surface area contributed by atoms with E-state index in [9.17, 15) is 33.0 Å². The number of fused-ring (bicyclic) bond motifs is 1. The van der Waals surface area contributed by atoms with Crippen LogP contribution in [-0.2, 0) is 32.1 Å². The van der Waals surface area contributed by atoms with Crippen molar-refractivity contribution in [3.8, 4) is 23.3 Å². The Morgan fingerprint density at radius 1 is 0.957 bits per heavy atom. The number of hydrogen-bond acceptors (Lipinski definition) is 11. The lowest BCUT2D eigenvalue weighted by Crippen LogP contribution is -2.49. The number of ether oxygens (including phenoxy) is 1. The van der Waals surface area contributed by atoms with Gasteiger partial charge in [-0.05, 0) is 116 Å². The minimum atomic E-state index is -1.86. The third-order valence-electron chi connectivity index (χ3n) is 13.4. The van der Waals surface area contributed by atoms with Crippen molar-refractivity contribution in [2.45, 2.75) is 57.8 Å². The number of alkyl halides is 1. The molecule has 3 aliphatic heterocycles. The van der Waals surface area contributed by atoms with E-state index in [0.29, 0.717) is 23.5 Å². The van der Waals surface area contributed by atoms with E-state index in [-0.39, 0.29) is 72.7 Å². The van der Waals surface area contributed by atoms with E-state index in [0.717, 1.165) is 93.5 Å². The van der Waals surface area contributed by atoms with Crippen LogP contribution in [0.4, 0.5) is 25.8 Å². The Bertz CT molecular complexity index is 2790. The van der Waals surface area contributed by atoms with Crippen LogP contribution in [0.3, 0.4) is 0 Å². The van der Waals surface area contributed by atoms with Crippen molar-refractivity contribution in [2.75, 3.05) is 80.5 Å². The van der Waals surface area contributed by atoms with E-state index in [1.54, 1.807) is 6.07 Å². The van der Waals surface area contributed by atoms with Crippen molar-refractivity contribution in [2.24, 2.45) is 5.92 Å². The van der Waals surface area contributed by atoms with Gasteiger partial charge in [0.2, 0.25) is 12.3 Å². The second-order valence-electron chi connectivity index (χ2n) is 17.7. The summed E-state index contributed by atoms with van der Waals surface area (Å²) in [7, 11) is 1.53. The van der Waals surface area contributed by atoms with Gasteiger partial charge in [-0.25, -0.2) is 22.3 Å². The number of hydrogen-bond donors (Lipinski definition) is 2. The monoisotopic (exact) mass is 962 g/mol. The Morgan fingerprint density at radius 2 is 1.68 bits per heavy atom. The van der Waals surface area contributed by atoms with E-state index in [1.807, 2.05) is 37.3 Å². The highest BCUT2D eigenvalue weighted by Gasteiger charge is 2.29. The standard InChI is InChI=1S/C50H56F2N10O6S/c1-34-5-6-40(26-36(34)30-60(33-64)47(4-3-25-63)49(65)54-2)58-18-15-35(16-19-58)29-57-21-23-59(24-22-57)38-7-9-39(10-8-38)62-32-55-45-13-11-41(27-42(45)50(62)66)68-48-43(28-53)46(14-12-44(48)52)56-69(67)61-20-17-37(51)31-61/h5-14,25-27,32-33,35,37,47,56H,3-4,15-24,29-31H2,1-2H3,(H,54,65). The van der Waals surface area contributed by atoms with Crippen LogP contribution in [0.2, 0.25) is 0 Å². The second-order valence-corrected chi connectivity index (χ2v) is 19.0. The van der Waals surface area contributed by atoms with E-state index >= 15 is 4.39 Å². The molecule has 3 fully saturated rings. The van der Waals surface area contributed by atoms with Gasteiger partial charge in [-0.1, -0.05) is 6.07 Å². The van der Waals surface area contributed by atoms with Crippen LogP contribution in [-0.4, -0.2) is 125 Å². The largest absolute Gasteiger partial charge is 0.453 e. The molecule has 8 rings (SSSR count). The maximum absolute atomic E-state index is 15.2. The zero-order chi connectivity index (χ0) is 48.6. The predicted octanol–water partition coefficient (Wildman–Crippen LogP) is 5.62. The van der Waals surface area contributed by atoms with Crippen LogP contribution in [0.15, 0.2) is 83.9 Å². The van der Waals surface area contributed by atoms with Crippen LogP contribution in [0, 0.1) is 30.0 Å². The normalized spacial score (nSPS) is 17.8. The van der Waals surface area contributed by atoms with Crippen molar-refractivity contribution >= 4 is 57.7 Å². The molecule has 362 valence electrons. The third-order valence-corrected chi connectivity index (χ3v) is 14.6. The smallest absolute Gasteiger partial charge is 0.265 e. The summed E-state index contributed by atoms with van der Waals surface area (Å²) in [5, 5.41) is 12.8. The van der Waals surface area contributed by atoms with Crippen molar-refractivity contribution in [1.29, 1.82) is 5.26 Å². The van der Waals surface area contributed by atoms with E-state index in [2.05, 4.69) is 47.9 Å². The number of piperazine rings is 1. The molecule has 19 heteroatoms. The van der Waals surface area contributed by atoms with Gasteiger partial charge >= 0.3 is 0 Å². The molecule has 0 spiro atoms. The van der Waals surface area contributed by atoms with Gasteiger partial charge in [-0.15, -0.1) is 0 Å². The number of amides is 2. The number of benzene rings is 4. The molecular formula is C50H56F2N10O6S. The van der Waals surface area contributed by atoms with E-state index in [1.165, 1.54) is 45.3 Å². The Labute approximate surface area is 402 Å². The first-order chi connectivity index (χ1) is 33.5. The van der Waals surface area contributed by atoms with Crippen molar-refractivity contribution < 1.29 is 32.1 Å². The number of aryl methyl sites for hydroxylation is 1. The second kappa shape index (κ2) is 22.1. The quantitative estimate of drug-likeness (QED) is 0.104. The summed E-state index contributed by atoms with van der Waals surface area (Å²) in [5.74, 6) is -0.877. The molecule has 4 heterocycles. The number of nitriles is 1. The average molecular weight is 963 g/mol. The molecule has 0 radical (unpaired) electrons. The first-order valence-electron chi connectivity index (χ1n) is 23.2. The number of likely N-dealkylation sites (N-methyl/N-ethyl adjacent to an activating group) is 1. The molecule has 0 saturated carbocycles. The van der Waals surface area contributed by atoms with Gasteiger partial charge in [-0.2, -0.15) is 5.26 Å². The molecule has 3 aliphatic rings. The molecule has 3 atom stereocenters. The number of carbonyl (C=O) groups is 3. The van der Waals surface area contributed by atoms with Gasteiger partial charge in [0.25, 0.3) is 5.56 Å². The fourth-order valence-electron chi connectivity index (χ4n) is 9.35. The van der Waals surface area contributed by atoms with Crippen LogP contribution < -0.4 is 30.1 Å². The van der Waals surface area contributed by atoms with Crippen molar-refractivity contribution in [3.05, 3.63) is 112 Å². The number of piperidine rings is 1. The van der Waals surface area contributed by atoms with Gasteiger partial charge in [0.1, 0.15) is 42.2 Å². The molecule has 3 unspecified atom stereocenters. The molecular weight excluding hydrogens is 907 g/mol. The first kappa shape index (κ1) is 48.7. The molecule has 69 heavy (non-hydrogen) atoms. The molecule has 1 aromatic heterocycles. The Morgan fingerprint density at radius 3 is 2.36 bits per heavy atom. The molecule has 2 N–H and O–H groups in total. The third kappa shape index (κ3) is 11.2. The summed E-state index contributed by atoms with van der Waals surface area (Å²) in [5.41, 5.74) is 4.61. The summed E-state index contributed by atoms with van der Waals surface area (Å²) in [6.07, 6.45) is 4.64. The number of aldehydes is 1. The predicted molar refractivity (Wildman–Crippen MR) is 261 cm³/mol. The van der Waals surface area contributed by atoms with Gasteiger partial charge in [0.05, 0.1) is 22.3 Å². The number of halogens is 2. The topological polar surface area (TPSA) is 176 Å². The zero-order valence-electron chi connectivity index (χ0n) is 38.7. The van der Waals surface area contributed by atoms with Crippen LogP contribution in [0.25, 0.3) is 16.6 Å². The average Bonchev–Trinajstić information content (AvgIpc) is 3.82. The van der Waals surface area contributed by atoms with E-state index in [4.69, 9.17) is 4.74 Å². The lowest BCUT2D eigenvalue weighted by atomic mass is 9.95. The molecule has 0 aliphatic carbocycles. The lowest BCUT2D eigenvalue weighted by molar-refractivity contribution is -0.133. The highest BCUT2D eigenvalue weighted by atomic mass is 32.2. The maximum atomic E-state index is 15.2. The molecule has 16 nitrogen and oxygen atoms in total. The summed E-state index contributed by atoms with van der Waals surface area (Å²) in [6.45, 7) is 8.98. The highest BCUT2D eigenvalue weighted by Crippen LogP contribution is 2.35. The zero-order valence-corrected chi connectivity index (χ0v) is 39.5. The molecule has 4 aromatic carbocycles. The summed E-state index contributed by atoms with van der Waals surface area (Å²) in [6, 6.07) is 22.1. The first-order valence-corrected chi connectivity index (χ1v) is 24.3. The number of nitrogens with one attached hydrogen (secondary N) is 2. The molecule has 0 bridgehead atoms. The lowest BCUT2D eigenvalue weighted by Gasteiger charge is -2.40. The summed E-state index contributed by atoms with van der Waals surface area (Å²) in [4.78, 5) is 62.9. The van der Waals surface area contributed by atoms with Crippen LogP contribution in [0.1, 0.15) is 48.8 Å². The van der Waals surface area contributed by atoms with Crippen molar-refractivity contribution in [3.63, 3.8) is 0 Å². The number of carbonyl (C=O) groups excluding carboxylic acids is 3. The minimum Gasteiger partial charge on any atom is -0.453 e. The number of nitrogens with zero attached hydrogens (tertiary/aromatic N) is 8. The van der Waals surface area contributed by atoms with Gasteiger partial charge in [0, 0.05) is 90.3 Å². The van der Waals surface area contributed by atoms with E-state index < -0.39 is 35.0 Å². The fourth-order valence-corrected chi connectivity index (χ4v) is 10.4. The molecule has 5 aromatic rings. The van der Waals surface area contributed by atoms with Gasteiger partial charge in [0.15, 0.2) is 22.7 Å². The SMILES string of the molecule is CNC(=O)C(CCC=O)N(C=O)Cc1cc(N2CCC(CN3CCN(c4ccc(-n5cnc6ccc(Oc7c(F)ccc(NS(=O)N8CCC(F)C8)c7C#N)cc6c5=O)cc4)CC3)CC2)ccc1C. The Kier molecular flexibility index (Phi) is 15.6. The summed E-state index contributed by atoms with van der Waals surface area (Å²) < 4.78 is 53.1. The Hall–Kier alpha value is -6.75. The fraction of sp³-hybridized carbons (Fsp3) is 0.400. The number of aromatic nitrogens is 2. The van der Waals surface area contributed by atoms with Crippen LogP contribution in [0.5, 0.6) is 11.5 Å². The minimum absolute atomic E-state index is 0.0240. The van der Waals surface area contributed by atoms with Gasteiger partial charge < -0.3 is 29.5 Å². The summed E-state index contributed by atoms with van der Waals surface area (Å²) >= 11 is -1.86. The number of rotatable bonds is 18.